The Labute approximate surface area is 261 Å². The van der Waals surface area contributed by atoms with Crippen molar-refractivity contribution in [3.05, 3.63) is 171 Å². The molecular weight excluding hydrogens is 617 g/mol. The number of hydrogen-bond acceptors (Lipinski definition) is 5. The summed E-state index contributed by atoms with van der Waals surface area (Å²) >= 11 is -0.146. The van der Waals surface area contributed by atoms with Crippen LogP contribution in [-0.2, 0) is 15.1 Å². The molecule has 0 saturated carbocycles. The van der Waals surface area contributed by atoms with Crippen LogP contribution in [0.4, 0.5) is 0 Å². The summed E-state index contributed by atoms with van der Waals surface area (Å²) in [5.74, 6) is -0.218. The molecule has 0 unspecified atom stereocenters. The number of ether oxygens (including phenoxy) is 2. The fraction of sp³-hybridized carbons (Fsp3) is 0.194. The third-order valence-corrected chi connectivity index (χ3v) is 10.9. The van der Waals surface area contributed by atoms with E-state index in [0.717, 1.165) is 21.2 Å². The monoisotopic (exact) mass is 649 g/mol. The van der Waals surface area contributed by atoms with E-state index in [0.29, 0.717) is 0 Å². The summed E-state index contributed by atoms with van der Waals surface area (Å²) in [5, 5.41) is 9.98. The zero-order chi connectivity index (χ0) is 30.4. The SMILES string of the molecule is N#CC[C@H]1[C@@H]([Se]c2ccccc2)[C@H](n2ccc(=O)[nH]c2=O)O[C@@H]1COC(c1ccccc1)(c1ccccc1)c1ccccc1. The predicted molar refractivity (Wildman–Crippen MR) is 170 cm³/mol. The molecule has 2 heterocycles. The van der Waals surface area contributed by atoms with E-state index < -0.39 is 29.2 Å². The van der Waals surface area contributed by atoms with Crippen LogP contribution in [0.25, 0.3) is 0 Å². The molecule has 0 spiro atoms. The van der Waals surface area contributed by atoms with Crippen molar-refractivity contribution in [3.63, 3.8) is 0 Å². The van der Waals surface area contributed by atoms with E-state index in [-0.39, 0.29) is 38.7 Å². The molecule has 4 aromatic carbocycles. The number of aromatic nitrogens is 2. The van der Waals surface area contributed by atoms with Crippen LogP contribution in [0.5, 0.6) is 0 Å². The van der Waals surface area contributed by atoms with E-state index >= 15 is 0 Å². The van der Waals surface area contributed by atoms with Crippen LogP contribution in [-0.4, -0.2) is 37.2 Å². The van der Waals surface area contributed by atoms with Gasteiger partial charge in [0.15, 0.2) is 0 Å². The van der Waals surface area contributed by atoms with Gasteiger partial charge in [0.1, 0.15) is 0 Å². The van der Waals surface area contributed by atoms with Gasteiger partial charge in [-0.25, -0.2) is 0 Å². The molecule has 1 aromatic heterocycles. The van der Waals surface area contributed by atoms with Gasteiger partial charge in [0.2, 0.25) is 0 Å². The molecule has 0 aliphatic carbocycles. The Hall–Kier alpha value is -4.51. The molecule has 4 atom stereocenters. The second-order valence-electron chi connectivity index (χ2n) is 10.6. The standard InChI is InChI=1S/C36H31N3O4Se/c37-23-21-30-31(43-34(39-24-22-32(40)38-35(39)41)33(30)44-29-19-11-4-12-20-29)25-42-36(26-13-5-1-6-14-26,27-15-7-2-8-16-27)28-17-9-3-10-18-28/h1-20,22,24,30-31,33-34H,21,25H2,(H,38,40,41)/t30-,31-,33-,34-/m1/s1. The predicted octanol–water partition coefficient (Wildman–Crippen LogP) is 4.79. The Kier molecular flexibility index (Phi) is 9.01. The summed E-state index contributed by atoms with van der Waals surface area (Å²) in [4.78, 5) is 27.1. The summed E-state index contributed by atoms with van der Waals surface area (Å²) in [6.45, 7) is 0.168. The Morgan fingerprint density at radius 3 is 1.82 bits per heavy atom. The number of nitrogens with one attached hydrogen (secondary N) is 1. The van der Waals surface area contributed by atoms with Crippen molar-refractivity contribution in [3.8, 4) is 6.07 Å². The number of nitriles is 1. The normalized spacial score (nSPS) is 19.8. The van der Waals surface area contributed by atoms with Crippen LogP contribution in [0.3, 0.4) is 0 Å². The molecule has 0 bridgehead atoms. The molecule has 5 aromatic rings. The first kappa shape index (κ1) is 29.6. The van der Waals surface area contributed by atoms with Gasteiger partial charge in [-0.3, -0.25) is 0 Å². The van der Waals surface area contributed by atoms with Crippen LogP contribution < -0.4 is 15.7 Å². The van der Waals surface area contributed by atoms with Crippen LogP contribution in [0.2, 0.25) is 4.82 Å². The Morgan fingerprint density at radius 2 is 1.32 bits per heavy atom. The van der Waals surface area contributed by atoms with Gasteiger partial charge >= 0.3 is 263 Å². The molecule has 220 valence electrons. The molecule has 44 heavy (non-hydrogen) atoms. The molecule has 0 amide bonds. The number of aromatic amines is 1. The average Bonchev–Trinajstić information content (AvgIpc) is 3.39. The maximum absolute atomic E-state index is 13.0. The van der Waals surface area contributed by atoms with Crippen molar-refractivity contribution in [2.75, 3.05) is 6.61 Å². The van der Waals surface area contributed by atoms with Gasteiger partial charge < -0.3 is 0 Å². The number of benzene rings is 4. The first-order chi connectivity index (χ1) is 21.6. The van der Waals surface area contributed by atoms with E-state index in [9.17, 15) is 14.9 Å². The third-order valence-electron chi connectivity index (χ3n) is 7.97. The molecule has 6 rings (SSSR count). The fourth-order valence-electron chi connectivity index (χ4n) is 5.93. The topological polar surface area (TPSA) is 97.1 Å². The molecule has 1 aliphatic heterocycles. The molecular formula is C36H31N3O4Se. The molecule has 8 heteroatoms. The quantitative estimate of drug-likeness (QED) is 0.174. The Balaban J connectivity index is 1.43. The van der Waals surface area contributed by atoms with Gasteiger partial charge in [0.05, 0.1) is 0 Å². The number of hydrogen-bond donors (Lipinski definition) is 1. The zero-order valence-electron chi connectivity index (χ0n) is 23.9. The fourth-order valence-corrected chi connectivity index (χ4v) is 8.83. The molecule has 1 saturated heterocycles. The second kappa shape index (κ2) is 13.4. The van der Waals surface area contributed by atoms with Gasteiger partial charge in [-0.05, 0) is 0 Å². The summed E-state index contributed by atoms with van der Waals surface area (Å²) in [7, 11) is 0. The van der Waals surface area contributed by atoms with Crippen LogP contribution in [0.1, 0.15) is 29.3 Å². The molecule has 1 fully saturated rings. The summed E-state index contributed by atoms with van der Waals surface area (Å²) in [6, 6.07) is 44.1. The second-order valence-corrected chi connectivity index (χ2v) is 13.2. The van der Waals surface area contributed by atoms with Gasteiger partial charge in [-0.2, -0.15) is 0 Å². The number of H-pyrrole nitrogens is 1. The first-order valence-corrected chi connectivity index (χ1v) is 16.3. The zero-order valence-corrected chi connectivity index (χ0v) is 25.6. The first-order valence-electron chi connectivity index (χ1n) is 14.5. The molecule has 7 nitrogen and oxygen atoms in total. The van der Waals surface area contributed by atoms with E-state index in [1.165, 1.54) is 16.8 Å². The van der Waals surface area contributed by atoms with Crippen LogP contribution in [0.15, 0.2) is 143 Å². The van der Waals surface area contributed by atoms with Gasteiger partial charge in [0.25, 0.3) is 0 Å². The van der Waals surface area contributed by atoms with E-state index in [1.54, 1.807) is 0 Å². The minimum atomic E-state index is -0.961. The number of rotatable bonds is 10. The molecule has 1 aliphatic rings. The minimum absolute atomic E-state index is 0.146. The average molecular weight is 649 g/mol. The Morgan fingerprint density at radius 1 is 0.795 bits per heavy atom. The summed E-state index contributed by atoms with van der Waals surface area (Å²) in [5.41, 5.74) is 0.918. The summed E-state index contributed by atoms with van der Waals surface area (Å²) < 4.78 is 16.4. The van der Waals surface area contributed by atoms with E-state index in [4.69, 9.17) is 9.47 Å². The van der Waals surface area contributed by atoms with E-state index in [1.807, 2.05) is 72.8 Å². The maximum atomic E-state index is 13.0. The van der Waals surface area contributed by atoms with Crippen molar-refractivity contribution in [2.45, 2.75) is 29.2 Å². The summed E-state index contributed by atoms with van der Waals surface area (Å²) in [6.07, 6.45) is 0.543. The van der Waals surface area contributed by atoms with Gasteiger partial charge in [-0.1, -0.05) is 0 Å². The van der Waals surface area contributed by atoms with E-state index in [2.05, 4.69) is 59.6 Å². The van der Waals surface area contributed by atoms with Crippen LogP contribution >= 0.6 is 0 Å². The van der Waals surface area contributed by atoms with Crippen molar-refractivity contribution in [1.82, 2.24) is 9.55 Å². The third kappa shape index (κ3) is 5.96. The van der Waals surface area contributed by atoms with Crippen molar-refractivity contribution < 1.29 is 9.47 Å². The molecule has 0 radical (unpaired) electrons. The van der Waals surface area contributed by atoms with Crippen molar-refractivity contribution in [2.24, 2.45) is 5.92 Å². The van der Waals surface area contributed by atoms with Gasteiger partial charge in [0, 0.05) is 0 Å². The van der Waals surface area contributed by atoms with Crippen LogP contribution in [0, 0.1) is 17.2 Å². The van der Waals surface area contributed by atoms with Gasteiger partial charge in [-0.15, -0.1) is 0 Å². The number of nitrogens with zero attached hydrogens (tertiary/aromatic N) is 2. The van der Waals surface area contributed by atoms with Crippen molar-refractivity contribution in [1.29, 1.82) is 5.26 Å². The Bertz CT molecular complexity index is 1730. The van der Waals surface area contributed by atoms with Crippen molar-refractivity contribution >= 4 is 19.4 Å². The molecule has 1 N–H and O–H groups in total.